The van der Waals surface area contributed by atoms with Gasteiger partial charge in [-0.2, -0.15) is 0 Å². The summed E-state index contributed by atoms with van der Waals surface area (Å²) in [4.78, 5) is 12.4. The molecule has 0 aromatic carbocycles. The zero-order valence-corrected chi connectivity index (χ0v) is 38.4. The number of hydrogen-bond acceptors (Lipinski definition) is 3. The van der Waals surface area contributed by atoms with Crippen LogP contribution in [0.5, 0.6) is 0 Å². The quantitative estimate of drug-likeness (QED) is 0.0424. The topological polar surface area (TPSA) is 69.6 Å². The molecule has 0 saturated heterocycles. The molecule has 0 bridgehead atoms. The van der Waals surface area contributed by atoms with Crippen molar-refractivity contribution in [2.75, 3.05) is 6.61 Å². The van der Waals surface area contributed by atoms with E-state index in [0.29, 0.717) is 6.42 Å². The molecule has 0 aliphatic heterocycles. The SMILES string of the molecule is CCCCCCCCCCC/C=C\C/C=C\CCCCCCCCCC(=O)NC(CO)C(O)/C=C/CC/C=C/CCCCCCCCCCCCCCCCCC. The Bertz CT molecular complexity index is 908. The molecule has 0 aromatic rings. The smallest absolute Gasteiger partial charge is 0.220 e. The van der Waals surface area contributed by atoms with Crippen molar-refractivity contribution in [3.63, 3.8) is 0 Å². The minimum Gasteiger partial charge on any atom is -0.394 e. The lowest BCUT2D eigenvalue weighted by molar-refractivity contribution is -0.123. The molecule has 0 radical (unpaired) electrons. The van der Waals surface area contributed by atoms with E-state index in [9.17, 15) is 15.0 Å². The summed E-state index contributed by atoms with van der Waals surface area (Å²) in [5.74, 6) is -0.0800. The first-order chi connectivity index (χ1) is 28.2. The molecular weight excluding hydrogens is 699 g/mol. The molecule has 0 aliphatic rings. The van der Waals surface area contributed by atoms with Gasteiger partial charge in [0.2, 0.25) is 5.91 Å². The van der Waals surface area contributed by atoms with Crippen molar-refractivity contribution in [2.24, 2.45) is 0 Å². The molecule has 0 aromatic heterocycles. The van der Waals surface area contributed by atoms with Crippen molar-refractivity contribution in [3.05, 3.63) is 48.6 Å². The molecule has 3 N–H and O–H groups in total. The Morgan fingerprint density at radius 2 is 0.737 bits per heavy atom. The van der Waals surface area contributed by atoms with Crippen LogP contribution in [0.25, 0.3) is 0 Å². The van der Waals surface area contributed by atoms with Gasteiger partial charge in [0.15, 0.2) is 0 Å². The van der Waals surface area contributed by atoms with Crippen LogP contribution in [0, 0.1) is 0 Å². The fourth-order valence-corrected chi connectivity index (χ4v) is 7.64. The molecule has 0 aliphatic carbocycles. The Hall–Kier alpha value is -1.65. The Morgan fingerprint density at radius 3 is 1.12 bits per heavy atom. The van der Waals surface area contributed by atoms with E-state index in [2.05, 4.69) is 55.6 Å². The zero-order chi connectivity index (χ0) is 41.4. The highest BCUT2D eigenvalue weighted by Crippen LogP contribution is 2.15. The highest BCUT2D eigenvalue weighted by molar-refractivity contribution is 5.76. The van der Waals surface area contributed by atoms with Crippen LogP contribution in [0.4, 0.5) is 0 Å². The second kappa shape index (κ2) is 48.7. The molecule has 2 unspecified atom stereocenters. The summed E-state index contributed by atoms with van der Waals surface area (Å²) >= 11 is 0. The molecule has 334 valence electrons. The maximum Gasteiger partial charge on any atom is 0.220 e. The molecular formula is C53H99NO3. The minimum absolute atomic E-state index is 0.0800. The normalized spacial score (nSPS) is 13.3. The fraction of sp³-hybridized carbons (Fsp3) is 0.830. The standard InChI is InChI=1S/C53H99NO3/c1-3-5-7-9-11-13-15-17-19-21-23-25-27-29-31-33-35-37-39-41-43-45-47-49-53(57)54-51(50-55)52(56)48-46-44-42-40-38-36-34-32-30-28-26-24-22-20-18-16-14-12-10-8-6-4-2/h23,25,29,31,38,40,46,48,51-52,55-56H,3-22,24,26-28,30,32-37,39,41-45,47,49-50H2,1-2H3,(H,54,57)/b25-23-,31-29-,40-38+,48-46+. The van der Waals surface area contributed by atoms with Gasteiger partial charge in [0, 0.05) is 6.42 Å². The second-order valence-corrected chi connectivity index (χ2v) is 17.2. The van der Waals surface area contributed by atoms with E-state index in [1.165, 1.54) is 199 Å². The van der Waals surface area contributed by atoms with Crippen LogP contribution < -0.4 is 5.32 Å². The van der Waals surface area contributed by atoms with E-state index in [-0.39, 0.29) is 12.5 Å². The summed E-state index contributed by atoms with van der Waals surface area (Å²) in [5.41, 5.74) is 0. The summed E-state index contributed by atoms with van der Waals surface area (Å²) in [6.45, 7) is 4.31. The number of unbranched alkanes of at least 4 members (excludes halogenated alkanes) is 33. The fourth-order valence-electron chi connectivity index (χ4n) is 7.64. The highest BCUT2D eigenvalue weighted by atomic mass is 16.3. The van der Waals surface area contributed by atoms with Crippen molar-refractivity contribution >= 4 is 5.91 Å². The highest BCUT2D eigenvalue weighted by Gasteiger charge is 2.17. The van der Waals surface area contributed by atoms with Crippen molar-refractivity contribution in [1.29, 1.82) is 0 Å². The molecule has 0 spiro atoms. The molecule has 57 heavy (non-hydrogen) atoms. The summed E-state index contributed by atoms with van der Waals surface area (Å²) in [6.07, 6.45) is 66.7. The molecule has 4 nitrogen and oxygen atoms in total. The van der Waals surface area contributed by atoms with Crippen LogP contribution in [0.15, 0.2) is 48.6 Å². The van der Waals surface area contributed by atoms with E-state index >= 15 is 0 Å². The van der Waals surface area contributed by atoms with E-state index in [0.717, 1.165) is 44.9 Å². The van der Waals surface area contributed by atoms with Crippen LogP contribution >= 0.6 is 0 Å². The van der Waals surface area contributed by atoms with Gasteiger partial charge in [0.05, 0.1) is 18.8 Å². The van der Waals surface area contributed by atoms with Gasteiger partial charge in [0.25, 0.3) is 0 Å². The molecule has 0 saturated carbocycles. The second-order valence-electron chi connectivity index (χ2n) is 17.2. The average Bonchev–Trinajstić information content (AvgIpc) is 3.22. The van der Waals surface area contributed by atoms with Gasteiger partial charge in [-0.25, -0.2) is 0 Å². The summed E-state index contributed by atoms with van der Waals surface area (Å²) in [5, 5.41) is 23.1. The van der Waals surface area contributed by atoms with Gasteiger partial charge in [-0.1, -0.05) is 242 Å². The van der Waals surface area contributed by atoms with E-state index in [4.69, 9.17) is 0 Å². The minimum atomic E-state index is -0.867. The summed E-state index contributed by atoms with van der Waals surface area (Å²) < 4.78 is 0. The van der Waals surface area contributed by atoms with Crippen molar-refractivity contribution < 1.29 is 15.0 Å². The lowest BCUT2D eigenvalue weighted by Gasteiger charge is -2.19. The van der Waals surface area contributed by atoms with Gasteiger partial charge < -0.3 is 15.5 Å². The first kappa shape index (κ1) is 55.4. The predicted molar refractivity (Wildman–Crippen MR) is 253 cm³/mol. The van der Waals surface area contributed by atoms with E-state index in [1.54, 1.807) is 6.08 Å². The lowest BCUT2D eigenvalue weighted by atomic mass is 10.0. The van der Waals surface area contributed by atoms with Crippen molar-refractivity contribution in [2.45, 2.75) is 276 Å². The first-order valence-electron chi connectivity index (χ1n) is 25.4. The number of aliphatic hydroxyl groups is 2. The monoisotopic (exact) mass is 798 g/mol. The Kier molecular flexibility index (Phi) is 47.3. The maximum atomic E-state index is 12.4. The van der Waals surface area contributed by atoms with Crippen LogP contribution in [0.3, 0.4) is 0 Å². The predicted octanol–water partition coefficient (Wildman–Crippen LogP) is 16.3. The Labute approximate surface area is 356 Å². The third-order valence-corrected chi connectivity index (χ3v) is 11.5. The third kappa shape index (κ3) is 45.3. The molecule has 2 atom stereocenters. The number of carbonyl (C=O) groups is 1. The number of amides is 1. The number of carbonyl (C=O) groups excluding carboxylic acids is 1. The van der Waals surface area contributed by atoms with E-state index < -0.39 is 12.1 Å². The lowest BCUT2D eigenvalue weighted by Crippen LogP contribution is -2.45. The van der Waals surface area contributed by atoms with Gasteiger partial charge in [-0.3, -0.25) is 4.79 Å². The Morgan fingerprint density at radius 1 is 0.421 bits per heavy atom. The number of allylic oxidation sites excluding steroid dienone is 7. The molecule has 0 fully saturated rings. The number of rotatable bonds is 46. The first-order valence-corrected chi connectivity index (χ1v) is 25.4. The summed E-state index contributed by atoms with van der Waals surface area (Å²) in [7, 11) is 0. The number of aliphatic hydroxyl groups excluding tert-OH is 2. The van der Waals surface area contributed by atoms with Gasteiger partial charge >= 0.3 is 0 Å². The van der Waals surface area contributed by atoms with Crippen LogP contribution in [-0.4, -0.2) is 34.9 Å². The van der Waals surface area contributed by atoms with Crippen LogP contribution in [0.2, 0.25) is 0 Å². The van der Waals surface area contributed by atoms with Gasteiger partial charge in [0.1, 0.15) is 0 Å². The van der Waals surface area contributed by atoms with Crippen molar-refractivity contribution in [3.8, 4) is 0 Å². The molecule has 4 heteroatoms. The number of hydrogen-bond donors (Lipinski definition) is 3. The van der Waals surface area contributed by atoms with Crippen molar-refractivity contribution in [1.82, 2.24) is 5.32 Å². The third-order valence-electron chi connectivity index (χ3n) is 11.5. The average molecular weight is 798 g/mol. The summed E-state index contributed by atoms with van der Waals surface area (Å²) in [6, 6.07) is -0.645. The largest absolute Gasteiger partial charge is 0.394 e. The van der Waals surface area contributed by atoms with Crippen LogP contribution in [0.1, 0.15) is 264 Å². The molecule has 0 rings (SSSR count). The van der Waals surface area contributed by atoms with E-state index in [1.807, 2.05) is 6.08 Å². The zero-order valence-electron chi connectivity index (χ0n) is 38.4. The number of nitrogens with one attached hydrogen (secondary N) is 1. The van der Waals surface area contributed by atoms with Gasteiger partial charge in [-0.15, -0.1) is 0 Å². The Balaban J connectivity index is 3.59. The van der Waals surface area contributed by atoms with Crippen LogP contribution in [-0.2, 0) is 4.79 Å². The molecule has 0 heterocycles. The van der Waals surface area contributed by atoms with Gasteiger partial charge in [-0.05, 0) is 64.2 Å². The maximum absolute atomic E-state index is 12.4. The molecule has 1 amide bonds.